The second-order valence-electron chi connectivity index (χ2n) is 6.28. The highest BCUT2D eigenvalue weighted by molar-refractivity contribution is 5.41. The number of aliphatic hydroxyl groups excluding tert-OH is 1. The van der Waals surface area contributed by atoms with Crippen molar-refractivity contribution in [2.45, 2.75) is 46.0 Å². The van der Waals surface area contributed by atoms with E-state index in [-0.39, 0.29) is 12.0 Å². The summed E-state index contributed by atoms with van der Waals surface area (Å²) in [4.78, 5) is 0. The lowest BCUT2D eigenvalue weighted by molar-refractivity contribution is 0.284. The maximum Gasteiger partial charge on any atom is 0.123 e. The third-order valence-electron chi connectivity index (χ3n) is 3.24. The first-order chi connectivity index (χ1) is 9.45. The van der Waals surface area contributed by atoms with Gasteiger partial charge in [-0.15, -0.1) is 0 Å². The van der Waals surface area contributed by atoms with Gasteiger partial charge in [0.15, 0.2) is 0 Å². The summed E-state index contributed by atoms with van der Waals surface area (Å²) in [5, 5.41) is 11.8. The summed E-state index contributed by atoms with van der Waals surface area (Å²) in [6, 6.07) is 6.41. The monoisotopic (exact) mass is 279 g/mol. The van der Waals surface area contributed by atoms with Crippen molar-refractivity contribution in [2.24, 2.45) is 0 Å². The Morgan fingerprint density at radius 1 is 1.15 bits per heavy atom. The van der Waals surface area contributed by atoms with E-state index in [0.717, 1.165) is 31.7 Å². The Kier molecular flexibility index (Phi) is 7.03. The van der Waals surface area contributed by atoms with Crippen molar-refractivity contribution in [3.63, 3.8) is 0 Å². The van der Waals surface area contributed by atoms with Crippen molar-refractivity contribution >= 4 is 0 Å². The molecule has 0 amide bonds. The van der Waals surface area contributed by atoms with Crippen LogP contribution in [-0.2, 0) is 5.41 Å². The Hall–Kier alpha value is -1.06. The van der Waals surface area contributed by atoms with Crippen molar-refractivity contribution in [1.82, 2.24) is 5.32 Å². The molecule has 0 unspecified atom stereocenters. The van der Waals surface area contributed by atoms with Gasteiger partial charge in [0.05, 0.1) is 13.2 Å². The summed E-state index contributed by atoms with van der Waals surface area (Å²) < 4.78 is 5.95. The summed E-state index contributed by atoms with van der Waals surface area (Å²) >= 11 is 0. The molecule has 114 valence electrons. The second kappa shape index (κ2) is 8.28. The number of ether oxygens (including phenoxy) is 1. The molecule has 0 aliphatic rings. The van der Waals surface area contributed by atoms with E-state index in [1.807, 2.05) is 0 Å². The number of rotatable bonds is 8. The van der Waals surface area contributed by atoms with Gasteiger partial charge in [-0.05, 0) is 43.4 Å². The van der Waals surface area contributed by atoms with Crippen LogP contribution in [0.3, 0.4) is 0 Å². The molecule has 0 radical (unpaired) electrons. The van der Waals surface area contributed by atoms with Gasteiger partial charge < -0.3 is 15.2 Å². The fourth-order valence-electron chi connectivity index (χ4n) is 2.09. The lowest BCUT2D eigenvalue weighted by atomic mass is 9.85. The highest BCUT2D eigenvalue weighted by atomic mass is 16.5. The molecule has 0 saturated carbocycles. The molecule has 0 saturated heterocycles. The van der Waals surface area contributed by atoms with Gasteiger partial charge in [0, 0.05) is 6.54 Å². The smallest absolute Gasteiger partial charge is 0.123 e. The van der Waals surface area contributed by atoms with Gasteiger partial charge >= 0.3 is 0 Å². The molecular formula is C17H29NO2. The van der Waals surface area contributed by atoms with Crippen molar-refractivity contribution in [3.8, 4) is 5.75 Å². The minimum Gasteiger partial charge on any atom is -0.493 e. The minimum absolute atomic E-state index is 0.101. The minimum atomic E-state index is 0.101. The second-order valence-corrected chi connectivity index (χ2v) is 6.28. The fourth-order valence-corrected chi connectivity index (χ4v) is 2.09. The van der Waals surface area contributed by atoms with E-state index in [1.54, 1.807) is 0 Å². The predicted octanol–water partition coefficient (Wildman–Crippen LogP) is 3.03. The van der Waals surface area contributed by atoms with Crippen LogP contribution >= 0.6 is 0 Å². The van der Waals surface area contributed by atoms with Crippen LogP contribution in [0.4, 0.5) is 0 Å². The average Bonchev–Trinajstić information content (AvgIpc) is 2.38. The van der Waals surface area contributed by atoms with Crippen LogP contribution in [0.5, 0.6) is 5.75 Å². The molecule has 0 fully saturated rings. The lowest BCUT2D eigenvalue weighted by Crippen LogP contribution is -2.20. The van der Waals surface area contributed by atoms with E-state index in [1.165, 1.54) is 11.1 Å². The molecule has 3 nitrogen and oxygen atoms in total. The molecule has 0 aliphatic carbocycles. The normalized spacial score (nSPS) is 11.7. The quantitative estimate of drug-likeness (QED) is 0.719. The molecule has 20 heavy (non-hydrogen) atoms. The summed E-state index contributed by atoms with van der Waals surface area (Å²) in [7, 11) is 0. The standard InChI is InChI=1S/C17H29NO2/c1-14-7-8-16(15(13-14)17(2,3)4)20-12-6-5-9-18-10-11-19/h7-8,13,18-19H,5-6,9-12H2,1-4H3. The van der Waals surface area contributed by atoms with Crippen LogP contribution in [0, 0.1) is 6.92 Å². The topological polar surface area (TPSA) is 41.5 Å². The number of unbranched alkanes of at least 4 members (excludes halogenated alkanes) is 1. The molecule has 0 heterocycles. The van der Waals surface area contributed by atoms with Gasteiger partial charge in [0.25, 0.3) is 0 Å². The molecular weight excluding hydrogens is 250 g/mol. The van der Waals surface area contributed by atoms with Crippen LogP contribution < -0.4 is 10.1 Å². The van der Waals surface area contributed by atoms with Crippen LogP contribution in [0.25, 0.3) is 0 Å². The van der Waals surface area contributed by atoms with Crippen molar-refractivity contribution in [2.75, 3.05) is 26.3 Å². The maximum atomic E-state index is 8.66. The van der Waals surface area contributed by atoms with E-state index >= 15 is 0 Å². The van der Waals surface area contributed by atoms with Crippen molar-refractivity contribution in [3.05, 3.63) is 29.3 Å². The number of hydrogen-bond acceptors (Lipinski definition) is 3. The third kappa shape index (κ3) is 5.93. The molecule has 0 aromatic heterocycles. The fraction of sp³-hybridized carbons (Fsp3) is 0.647. The zero-order valence-electron chi connectivity index (χ0n) is 13.3. The Labute approximate surface area is 123 Å². The zero-order chi connectivity index (χ0) is 15.0. The SMILES string of the molecule is Cc1ccc(OCCCCNCCO)c(C(C)(C)C)c1. The molecule has 0 spiro atoms. The first kappa shape index (κ1) is 17.0. The first-order valence-electron chi connectivity index (χ1n) is 7.50. The highest BCUT2D eigenvalue weighted by Gasteiger charge is 2.18. The van der Waals surface area contributed by atoms with E-state index in [4.69, 9.17) is 9.84 Å². The molecule has 1 rings (SSSR count). The first-order valence-corrected chi connectivity index (χ1v) is 7.50. The highest BCUT2D eigenvalue weighted by Crippen LogP contribution is 2.32. The van der Waals surface area contributed by atoms with E-state index in [2.05, 4.69) is 51.2 Å². The van der Waals surface area contributed by atoms with Gasteiger partial charge in [-0.25, -0.2) is 0 Å². The van der Waals surface area contributed by atoms with Crippen LogP contribution in [0.2, 0.25) is 0 Å². The van der Waals surface area contributed by atoms with Gasteiger partial charge in [-0.2, -0.15) is 0 Å². The van der Waals surface area contributed by atoms with E-state index < -0.39 is 0 Å². The van der Waals surface area contributed by atoms with Crippen LogP contribution in [-0.4, -0.2) is 31.4 Å². The Bertz CT molecular complexity index is 396. The largest absolute Gasteiger partial charge is 0.493 e. The Morgan fingerprint density at radius 3 is 2.55 bits per heavy atom. The maximum absolute atomic E-state index is 8.66. The van der Waals surface area contributed by atoms with E-state index in [0.29, 0.717) is 6.54 Å². The zero-order valence-corrected chi connectivity index (χ0v) is 13.3. The molecule has 3 heteroatoms. The number of nitrogens with one attached hydrogen (secondary N) is 1. The molecule has 0 atom stereocenters. The van der Waals surface area contributed by atoms with E-state index in [9.17, 15) is 0 Å². The van der Waals surface area contributed by atoms with Gasteiger partial charge in [0.2, 0.25) is 0 Å². The summed E-state index contributed by atoms with van der Waals surface area (Å²) in [5.74, 6) is 1.01. The van der Waals surface area contributed by atoms with Crippen molar-refractivity contribution in [1.29, 1.82) is 0 Å². The lowest BCUT2D eigenvalue weighted by Gasteiger charge is -2.23. The summed E-state index contributed by atoms with van der Waals surface area (Å²) in [6.07, 6.45) is 2.09. The third-order valence-corrected chi connectivity index (χ3v) is 3.24. The molecule has 1 aromatic rings. The predicted molar refractivity (Wildman–Crippen MR) is 84.6 cm³/mol. The molecule has 2 N–H and O–H groups in total. The van der Waals surface area contributed by atoms with Crippen LogP contribution in [0.15, 0.2) is 18.2 Å². The van der Waals surface area contributed by atoms with Gasteiger partial charge in [-0.3, -0.25) is 0 Å². The van der Waals surface area contributed by atoms with Gasteiger partial charge in [-0.1, -0.05) is 38.5 Å². The van der Waals surface area contributed by atoms with Crippen LogP contribution in [0.1, 0.15) is 44.7 Å². The summed E-state index contributed by atoms with van der Waals surface area (Å²) in [6.45, 7) is 11.3. The molecule has 1 aromatic carbocycles. The Balaban J connectivity index is 2.44. The number of aliphatic hydroxyl groups is 1. The number of hydrogen-bond donors (Lipinski definition) is 2. The molecule has 0 aliphatic heterocycles. The average molecular weight is 279 g/mol. The number of aryl methyl sites for hydroxylation is 1. The summed E-state index contributed by atoms with van der Waals surface area (Å²) in [5.41, 5.74) is 2.65. The number of benzene rings is 1. The Morgan fingerprint density at radius 2 is 1.90 bits per heavy atom. The molecule has 0 bridgehead atoms. The van der Waals surface area contributed by atoms with Gasteiger partial charge in [0.1, 0.15) is 5.75 Å². The van der Waals surface area contributed by atoms with Crippen molar-refractivity contribution < 1.29 is 9.84 Å².